The Kier molecular flexibility index (Phi) is 5.35. The quantitative estimate of drug-likeness (QED) is 0.746. The predicted octanol–water partition coefficient (Wildman–Crippen LogP) is 3.39. The minimum Gasteiger partial charge on any atom is -0.326 e. The molecule has 0 saturated carbocycles. The van der Waals surface area contributed by atoms with Crippen LogP contribution in [0.25, 0.3) is 0 Å². The van der Waals surface area contributed by atoms with Crippen LogP contribution in [0.15, 0.2) is 29.0 Å². The number of hydrogen-bond acceptors (Lipinski definition) is 6. The number of carbonyl (C=O) groups excluding carboxylic acids is 2. The van der Waals surface area contributed by atoms with E-state index in [1.54, 1.807) is 34.4 Å². The standard InChI is InChI=1S/C18H21N3O2S3/c1-24-9-6-13-17(22)21(18(23)19-13)11-20-7-4-14-12(5-10-26-14)16(20)15-3-2-8-25-15/h2-3,5,8,10,13,16H,4,6-7,9,11H2,1H3,(H,19,23)/t13-,16-/m0/s1. The van der Waals surface area contributed by atoms with Gasteiger partial charge in [0, 0.05) is 16.3 Å². The molecule has 4 heterocycles. The van der Waals surface area contributed by atoms with Crippen molar-refractivity contribution in [2.45, 2.75) is 24.9 Å². The number of imide groups is 1. The van der Waals surface area contributed by atoms with Crippen molar-refractivity contribution < 1.29 is 9.59 Å². The zero-order valence-electron chi connectivity index (χ0n) is 14.5. The van der Waals surface area contributed by atoms with Crippen molar-refractivity contribution in [2.24, 2.45) is 0 Å². The van der Waals surface area contributed by atoms with Crippen LogP contribution in [0, 0.1) is 0 Å². The van der Waals surface area contributed by atoms with Crippen molar-refractivity contribution >= 4 is 46.4 Å². The third kappa shape index (κ3) is 3.31. The lowest BCUT2D eigenvalue weighted by molar-refractivity contribution is -0.129. The highest BCUT2D eigenvalue weighted by Crippen LogP contribution is 2.39. The van der Waals surface area contributed by atoms with Gasteiger partial charge in [-0.1, -0.05) is 6.07 Å². The smallest absolute Gasteiger partial charge is 0.325 e. The molecule has 26 heavy (non-hydrogen) atoms. The van der Waals surface area contributed by atoms with Gasteiger partial charge in [-0.3, -0.25) is 9.69 Å². The Morgan fingerprint density at radius 3 is 2.92 bits per heavy atom. The molecule has 0 aliphatic carbocycles. The van der Waals surface area contributed by atoms with Gasteiger partial charge in [-0.2, -0.15) is 11.8 Å². The zero-order chi connectivity index (χ0) is 18.1. The van der Waals surface area contributed by atoms with Crippen LogP contribution >= 0.6 is 34.4 Å². The van der Waals surface area contributed by atoms with E-state index in [0.717, 1.165) is 18.7 Å². The van der Waals surface area contributed by atoms with Gasteiger partial charge in [0.15, 0.2) is 0 Å². The fraction of sp³-hybridized carbons (Fsp3) is 0.444. The number of thiophene rings is 2. The molecule has 5 nitrogen and oxygen atoms in total. The Balaban J connectivity index is 1.55. The summed E-state index contributed by atoms with van der Waals surface area (Å²) >= 11 is 5.22. The lowest BCUT2D eigenvalue weighted by Crippen LogP contribution is -2.46. The average Bonchev–Trinajstić information content (AvgIpc) is 3.37. The molecule has 138 valence electrons. The van der Waals surface area contributed by atoms with E-state index < -0.39 is 0 Å². The Bertz CT molecular complexity index is 789. The fourth-order valence-corrected chi connectivity index (χ4v) is 5.88. The van der Waals surface area contributed by atoms with Crippen LogP contribution in [-0.4, -0.2) is 53.0 Å². The Morgan fingerprint density at radius 2 is 2.15 bits per heavy atom. The molecule has 2 aromatic heterocycles. The van der Waals surface area contributed by atoms with Crippen LogP contribution in [0.5, 0.6) is 0 Å². The normalized spacial score (nSPS) is 23.3. The van der Waals surface area contributed by atoms with Gasteiger partial charge in [0.1, 0.15) is 6.04 Å². The number of carbonyl (C=O) groups is 2. The van der Waals surface area contributed by atoms with Crippen molar-refractivity contribution in [1.29, 1.82) is 0 Å². The maximum atomic E-state index is 12.7. The topological polar surface area (TPSA) is 52.7 Å². The summed E-state index contributed by atoms with van der Waals surface area (Å²) in [4.78, 5) is 31.4. The van der Waals surface area contributed by atoms with E-state index >= 15 is 0 Å². The second-order valence-corrected chi connectivity index (χ2v) is 9.44. The number of amides is 3. The van der Waals surface area contributed by atoms with Gasteiger partial charge in [0.05, 0.1) is 12.7 Å². The third-order valence-electron chi connectivity index (χ3n) is 4.92. The number of rotatable bonds is 6. The molecule has 0 radical (unpaired) electrons. The minimum atomic E-state index is -0.378. The summed E-state index contributed by atoms with van der Waals surface area (Å²) in [5, 5.41) is 7.07. The summed E-state index contributed by atoms with van der Waals surface area (Å²) in [5.41, 5.74) is 1.31. The van der Waals surface area contributed by atoms with E-state index in [1.165, 1.54) is 20.2 Å². The summed E-state index contributed by atoms with van der Waals surface area (Å²) < 4.78 is 0. The van der Waals surface area contributed by atoms with Crippen LogP contribution in [0.2, 0.25) is 0 Å². The maximum absolute atomic E-state index is 12.7. The van der Waals surface area contributed by atoms with E-state index in [4.69, 9.17) is 0 Å². The van der Waals surface area contributed by atoms with Gasteiger partial charge in [-0.05, 0) is 53.3 Å². The van der Waals surface area contributed by atoms with E-state index in [2.05, 4.69) is 39.2 Å². The maximum Gasteiger partial charge on any atom is 0.325 e. The van der Waals surface area contributed by atoms with Crippen LogP contribution < -0.4 is 5.32 Å². The lowest BCUT2D eigenvalue weighted by atomic mass is 9.99. The van der Waals surface area contributed by atoms with Crippen molar-refractivity contribution in [1.82, 2.24) is 15.1 Å². The third-order valence-corrected chi connectivity index (χ3v) is 7.48. The van der Waals surface area contributed by atoms with Gasteiger partial charge in [-0.25, -0.2) is 9.69 Å². The highest BCUT2D eigenvalue weighted by atomic mass is 32.2. The Morgan fingerprint density at radius 1 is 1.27 bits per heavy atom. The van der Waals surface area contributed by atoms with E-state index in [9.17, 15) is 9.59 Å². The predicted molar refractivity (Wildman–Crippen MR) is 108 cm³/mol. The van der Waals surface area contributed by atoms with Crippen molar-refractivity contribution in [2.75, 3.05) is 25.2 Å². The molecule has 2 aliphatic rings. The van der Waals surface area contributed by atoms with E-state index in [-0.39, 0.29) is 24.0 Å². The first-order chi connectivity index (χ1) is 12.7. The molecule has 1 fully saturated rings. The summed E-state index contributed by atoms with van der Waals surface area (Å²) in [5.74, 6) is 0.773. The molecule has 0 bridgehead atoms. The van der Waals surface area contributed by atoms with Gasteiger partial charge >= 0.3 is 6.03 Å². The molecule has 2 aromatic rings. The molecule has 1 saturated heterocycles. The molecule has 1 N–H and O–H groups in total. The largest absolute Gasteiger partial charge is 0.326 e. The zero-order valence-corrected chi connectivity index (χ0v) is 17.0. The molecular weight excluding hydrogens is 386 g/mol. The second-order valence-electron chi connectivity index (χ2n) is 6.47. The monoisotopic (exact) mass is 407 g/mol. The SMILES string of the molecule is CSCC[C@@H]1NC(=O)N(CN2CCc3sccc3[C@H]2c2cccs2)C1=O. The van der Waals surface area contributed by atoms with Crippen LogP contribution in [-0.2, 0) is 11.2 Å². The van der Waals surface area contributed by atoms with Crippen LogP contribution in [0.1, 0.15) is 27.8 Å². The molecule has 2 aliphatic heterocycles. The molecule has 0 unspecified atom stereocenters. The van der Waals surface area contributed by atoms with Gasteiger partial charge < -0.3 is 5.32 Å². The molecular formula is C18H21N3O2S3. The molecule has 8 heteroatoms. The Hall–Kier alpha value is -1.35. The van der Waals surface area contributed by atoms with Crippen molar-refractivity contribution in [3.63, 3.8) is 0 Å². The molecule has 2 atom stereocenters. The van der Waals surface area contributed by atoms with Gasteiger partial charge in [0.2, 0.25) is 0 Å². The van der Waals surface area contributed by atoms with Gasteiger partial charge in [-0.15, -0.1) is 22.7 Å². The second kappa shape index (κ2) is 7.72. The highest BCUT2D eigenvalue weighted by molar-refractivity contribution is 7.98. The molecule has 4 rings (SSSR count). The van der Waals surface area contributed by atoms with E-state index in [0.29, 0.717) is 13.1 Å². The number of nitrogens with one attached hydrogen (secondary N) is 1. The number of nitrogens with zero attached hydrogens (tertiary/aromatic N) is 2. The summed E-state index contributed by atoms with van der Waals surface area (Å²) in [7, 11) is 0. The van der Waals surface area contributed by atoms with Gasteiger partial charge in [0.25, 0.3) is 5.91 Å². The fourth-order valence-electron chi connectivity index (χ4n) is 3.62. The van der Waals surface area contributed by atoms with Crippen LogP contribution in [0.4, 0.5) is 4.79 Å². The molecule has 3 amide bonds. The van der Waals surface area contributed by atoms with Crippen LogP contribution in [0.3, 0.4) is 0 Å². The number of hydrogen-bond donors (Lipinski definition) is 1. The summed E-state index contributed by atoms with van der Waals surface area (Å²) in [6.45, 7) is 1.20. The summed E-state index contributed by atoms with van der Waals surface area (Å²) in [6, 6.07) is 5.87. The van der Waals surface area contributed by atoms with Crippen molar-refractivity contribution in [3.8, 4) is 0 Å². The van der Waals surface area contributed by atoms with E-state index in [1.807, 2.05) is 6.26 Å². The number of urea groups is 1. The highest BCUT2D eigenvalue weighted by Gasteiger charge is 2.40. The number of fused-ring (bicyclic) bond motifs is 1. The first kappa shape index (κ1) is 18.0. The lowest BCUT2D eigenvalue weighted by Gasteiger charge is -2.37. The first-order valence-electron chi connectivity index (χ1n) is 8.63. The molecule has 0 spiro atoms. The number of thioether (sulfide) groups is 1. The Labute approximate surface area is 165 Å². The molecule has 0 aromatic carbocycles. The minimum absolute atomic E-state index is 0.0925. The first-order valence-corrected chi connectivity index (χ1v) is 11.8. The van der Waals surface area contributed by atoms with Crippen molar-refractivity contribution in [3.05, 3.63) is 44.3 Å². The summed E-state index contributed by atoms with van der Waals surface area (Å²) in [6.07, 6.45) is 3.66. The average molecular weight is 408 g/mol.